The maximum atomic E-state index is 12.4. The van der Waals surface area contributed by atoms with E-state index in [1.54, 1.807) is 0 Å². The topological polar surface area (TPSA) is 110 Å². The number of carbonyl (C=O) groups excluding carboxylic acids is 2. The Morgan fingerprint density at radius 1 is 1.06 bits per heavy atom. The second-order valence-corrected chi connectivity index (χ2v) is 9.05. The molecule has 0 bridgehead atoms. The summed E-state index contributed by atoms with van der Waals surface area (Å²) in [5.74, 6) is 1.33. The minimum Gasteiger partial charge on any atom is -0.368 e. The first-order chi connectivity index (χ1) is 15.9. The maximum Gasteiger partial charge on any atom is 0.240 e. The van der Waals surface area contributed by atoms with Gasteiger partial charge in [0.25, 0.3) is 0 Å². The molecule has 1 aliphatic carbocycles. The molecule has 2 amide bonds. The predicted molar refractivity (Wildman–Crippen MR) is 130 cm³/mol. The van der Waals surface area contributed by atoms with Gasteiger partial charge in [-0.2, -0.15) is 0 Å². The van der Waals surface area contributed by atoms with E-state index >= 15 is 0 Å². The highest BCUT2D eigenvalue weighted by Gasteiger charge is 2.39. The number of aromatic nitrogens is 2. The van der Waals surface area contributed by atoms with Crippen molar-refractivity contribution in [3.63, 3.8) is 0 Å². The van der Waals surface area contributed by atoms with E-state index in [0.29, 0.717) is 36.8 Å². The number of aryl methyl sites for hydroxylation is 1. The van der Waals surface area contributed by atoms with Crippen LogP contribution in [0.15, 0.2) is 54.6 Å². The number of primary amides is 1. The molecule has 1 aliphatic rings. The van der Waals surface area contributed by atoms with Crippen molar-refractivity contribution in [2.24, 2.45) is 11.7 Å². The number of benzene rings is 2. The molecule has 4 rings (SSSR count). The number of carbonyl (C=O) groups is 2. The second kappa shape index (κ2) is 9.98. The average molecular weight is 446 g/mol. The summed E-state index contributed by atoms with van der Waals surface area (Å²) in [6.45, 7) is 3.88. The Hall–Kier alpha value is -3.48. The Kier molecular flexibility index (Phi) is 6.87. The molecule has 1 saturated carbocycles. The molecule has 2 aromatic carbocycles. The third kappa shape index (κ3) is 5.66. The van der Waals surface area contributed by atoms with Crippen LogP contribution in [0.5, 0.6) is 0 Å². The second-order valence-electron chi connectivity index (χ2n) is 9.05. The van der Waals surface area contributed by atoms with Crippen molar-refractivity contribution in [3.8, 4) is 0 Å². The Morgan fingerprint density at radius 3 is 2.52 bits per heavy atom. The van der Waals surface area contributed by atoms with Crippen molar-refractivity contribution in [2.75, 3.05) is 5.32 Å². The molecule has 33 heavy (non-hydrogen) atoms. The lowest BCUT2D eigenvalue weighted by Crippen LogP contribution is -2.39. The monoisotopic (exact) mass is 445 g/mol. The maximum absolute atomic E-state index is 12.4. The fraction of sp³-hybridized carbons (Fsp3) is 0.385. The van der Waals surface area contributed by atoms with Gasteiger partial charge in [-0.3, -0.25) is 9.59 Å². The van der Waals surface area contributed by atoms with Crippen LogP contribution in [-0.2, 0) is 16.0 Å². The number of nitrogens with one attached hydrogen (secondary N) is 2. The fourth-order valence-electron chi connectivity index (χ4n) is 4.17. The van der Waals surface area contributed by atoms with Crippen molar-refractivity contribution in [1.29, 1.82) is 0 Å². The van der Waals surface area contributed by atoms with Crippen LogP contribution < -0.4 is 16.4 Å². The summed E-state index contributed by atoms with van der Waals surface area (Å²) < 4.78 is 0. The van der Waals surface area contributed by atoms with Gasteiger partial charge in [0, 0.05) is 30.2 Å². The van der Waals surface area contributed by atoms with Gasteiger partial charge in [0.2, 0.25) is 11.8 Å². The molecule has 7 nitrogen and oxygen atoms in total. The van der Waals surface area contributed by atoms with Gasteiger partial charge >= 0.3 is 0 Å². The zero-order valence-electron chi connectivity index (χ0n) is 19.1. The van der Waals surface area contributed by atoms with E-state index in [2.05, 4.69) is 32.7 Å². The molecule has 4 N–H and O–H groups in total. The first-order valence-electron chi connectivity index (χ1n) is 11.6. The normalized spacial score (nSPS) is 18.2. The van der Waals surface area contributed by atoms with E-state index in [0.717, 1.165) is 17.3 Å². The van der Waals surface area contributed by atoms with Crippen molar-refractivity contribution in [3.05, 3.63) is 66.0 Å². The lowest BCUT2D eigenvalue weighted by Gasteiger charge is -2.21. The van der Waals surface area contributed by atoms with Crippen molar-refractivity contribution in [2.45, 2.75) is 57.5 Å². The van der Waals surface area contributed by atoms with Gasteiger partial charge in [0.1, 0.15) is 17.7 Å². The van der Waals surface area contributed by atoms with Crippen LogP contribution >= 0.6 is 0 Å². The molecule has 3 atom stereocenters. The fourth-order valence-corrected chi connectivity index (χ4v) is 4.17. The third-order valence-electron chi connectivity index (χ3n) is 6.08. The summed E-state index contributed by atoms with van der Waals surface area (Å²) in [6.07, 6.45) is 2.64. The SMILES string of the molecule is CC(C)[C@H](Nc1nc(CCCC(=O)N[C@@H]2C[C@H]2c2ccccc2)nc2ccccc12)C(N)=O. The molecule has 0 radical (unpaired) electrons. The highest BCUT2D eigenvalue weighted by atomic mass is 16.2. The summed E-state index contributed by atoms with van der Waals surface area (Å²) in [5, 5.41) is 7.19. The zero-order valence-corrected chi connectivity index (χ0v) is 19.1. The van der Waals surface area contributed by atoms with Crippen molar-refractivity contribution >= 4 is 28.5 Å². The van der Waals surface area contributed by atoms with E-state index in [1.165, 1.54) is 5.56 Å². The summed E-state index contributed by atoms with van der Waals surface area (Å²) in [4.78, 5) is 33.6. The van der Waals surface area contributed by atoms with E-state index in [1.807, 2.05) is 56.3 Å². The Bertz CT molecular complexity index is 1130. The van der Waals surface area contributed by atoms with Gasteiger partial charge < -0.3 is 16.4 Å². The predicted octanol–water partition coefficient (Wildman–Crippen LogP) is 3.55. The summed E-state index contributed by atoms with van der Waals surface area (Å²) >= 11 is 0. The number of fused-ring (bicyclic) bond motifs is 1. The van der Waals surface area contributed by atoms with Crippen LogP contribution in [0.1, 0.15) is 50.4 Å². The number of hydrogen-bond acceptors (Lipinski definition) is 5. The first-order valence-corrected chi connectivity index (χ1v) is 11.6. The molecule has 172 valence electrons. The molecular formula is C26H31N5O2. The minimum atomic E-state index is -0.530. The number of rotatable bonds is 10. The van der Waals surface area contributed by atoms with Gasteiger partial charge in [0.15, 0.2) is 0 Å². The average Bonchev–Trinajstić information content (AvgIpc) is 3.56. The van der Waals surface area contributed by atoms with Gasteiger partial charge in [-0.15, -0.1) is 0 Å². The molecule has 1 aromatic heterocycles. The number of nitrogens with two attached hydrogens (primary N) is 1. The Balaban J connectivity index is 1.36. The molecule has 0 unspecified atom stereocenters. The lowest BCUT2D eigenvalue weighted by atomic mass is 10.0. The van der Waals surface area contributed by atoms with Gasteiger partial charge in [-0.25, -0.2) is 9.97 Å². The number of anilines is 1. The van der Waals surface area contributed by atoms with Crippen LogP contribution in [-0.4, -0.2) is 33.9 Å². The standard InChI is InChI=1S/C26H31N5O2/c1-16(2)24(25(27)33)31-26-18-11-6-7-12-20(18)28-22(30-26)13-8-14-23(32)29-21-15-19(21)17-9-4-3-5-10-17/h3-7,9-12,16,19,21,24H,8,13-15H2,1-2H3,(H2,27,33)(H,29,32)(H,28,30,31)/t19-,21+,24-/m0/s1. The van der Waals surface area contributed by atoms with Crippen LogP contribution in [0, 0.1) is 5.92 Å². The van der Waals surface area contributed by atoms with E-state index in [4.69, 9.17) is 5.73 Å². The number of nitrogens with zero attached hydrogens (tertiary/aromatic N) is 2. The Labute approximate surface area is 194 Å². The number of amides is 2. The van der Waals surface area contributed by atoms with E-state index in [-0.39, 0.29) is 17.9 Å². The highest BCUT2D eigenvalue weighted by Crippen LogP contribution is 2.40. The van der Waals surface area contributed by atoms with Crippen molar-refractivity contribution < 1.29 is 9.59 Å². The van der Waals surface area contributed by atoms with Gasteiger partial charge in [-0.05, 0) is 36.5 Å². The minimum absolute atomic E-state index is 0.0190. The van der Waals surface area contributed by atoms with Crippen LogP contribution in [0.4, 0.5) is 5.82 Å². The molecule has 1 heterocycles. The van der Waals surface area contributed by atoms with E-state index in [9.17, 15) is 9.59 Å². The quantitative estimate of drug-likeness (QED) is 0.442. The summed E-state index contributed by atoms with van der Waals surface area (Å²) in [7, 11) is 0. The number of para-hydroxylation sites is 1. The summed E-state index contributed by atoms with van der Waals surface area (Å²) in [5.41, 5.74) is 7.66. The zero-order chi connectivity index (χ0) is 23.4. The molecular weight excluding hydrogens is 414 g/mol. The molecule has 3 aromatic rings. The molecule has 7 heteroatoms. The molecule has 0 spiro atoms. The van der Waals surface area contributed by atoms with Crippen LogP contribution in [0.2, 0.25) is 0 Å². The first kappa shape index (κ1) is 22.7. The smallest absolute Gasteiger partial charge is 0.240 e. The van der Waals surface area contributed by atoms with Gasteiger partial charge in [-0.1, -0.05) is 56.3 Å². The Morgan fingerprint density at radius 2 is 1.79 bits per heavy atom. The highest BCUT2D eigenvalue weighted by molar-refractivity contribution is 5.92. The largest absolute Gasteiger partial charge is 0.368 e. The van der Waals surface area contributed by atoms with Crippen molar-refractivity contribution in [1.82, 2.24) is 15.3 Å². The lowest BCUT2D eigenvalue weighted by molar-refractivity contribution is -0.121. The molecule has 0 aliphatic heterocycles. The third-order valence-corrected chi connectivity index (χ3v) is 6.08. The number of hydrogen-bond donors (Lipinski definition) is 3. The molecule has 1 fully saturated rings. The van der Waals surface area contributed by atoms with Gasteiger partial charge in [0.05, 0.1) is 5.52 Å². The van der Waals surface area contributed by atoms with Crippen LogP contribution in [0.25, 0.3) is 10.9 Å². The van der Waals surface area contributed by atoms with E-state index < -0.39 is 11.9 Å². The summed E-state index contributed by atoms with van der Waals surface area (Å²) in [6, 6.07) is 17.7. The van der Waals surface area contributed by atoms with Crippen LogP contribution in [0.3, 0.4) is 0 Å². The molecule has 0 saturated heterocycles.